The average Bonchev–Trinajstić information content (AvgIpc) is 2.69. The molecule has 0 aromatic heterocycles. The van der Waals surface area contributed by atoms with E-state index < -0.39 is 5.91 Å². The molecule has 6 heteroatoms. The van der Waals surface area contributed by atoms with Gasteiger partial charge in [0.1, 0.15) is 17.4 Å². The predicted octanol–water partition coefficient (Wildman–Crippen LogP) is 3.24. The average molecular weight is 378 g/mol. The van der Waals surface area contributed by atoms with Crippen LogP contribution in [0.25, 0.3) is 6.08 Å². The van der Waals surface area contributed by atoms with Crippen LogP contribution in [0.1, 0.15) is 16.7 Å². The monoisotopic (exact) mass is 378 g/mol. The van der Waals surface area contributed by atoms with Gasteiger partial charge in [0, 0.05) is 6.54 Å². The molecule has 2 aromatic carbocycles. The predicted molar refractivity (Wildman–Crippen MR) is 107 cm³/mol. The van der Waals surface area contributed by atoms with Gasteiger partial charge in [0.25, 0.3) is 5.91 Å². The second kappa shape index (κ2) is 9.83. The Morgan fingerprint density at radius 3 is 2.64 bits per heavy atom. The van der Waals surface area contributed by atoms with Crippen molar-refractivity contribution >= 4 is 12.0 Å². The number of hydrogen-bond donors (Lipinski definition) is 3. The molecule has 28 heavy (non-hydrogen) atoms. The first-order valence-corrected chi connectivity index (χ1v) is 8.66. The zero-order valence-corrected chi connectivity index (χ0v) is 15.8. The van der Waals surface area contributed by atoms with Crippen molar-refractivity contribution < 1.29 is 19.7 Å². The molecule has 0 atom stereocenters. The highest BCUT2D eigenvalue weighted by molar-refractivity contribution is 5.97. The van der Waals surface area contributed by atoms with Crippen molar-refractivity contribution in [2.24, 2.45) is 0 Å². The Morgan fingerprint density at radius 2 is 1.96 bits per heavy atom. The third-order valence-electron chi connectivity index (χ3n) is 4.08. The normalized spacial score (nSPS) is 11.2. The number of allylic oxidation sites excluding steroid dienone is 2. The summed E-state index contributed by atoms with van der Waals surface area (Å²) in [6.45, 7) is 2.19. The number of amides is 1. The first-order valence-electron chi connectivity index (χ1n) is 8.66. The summed E-state index contributed by atoms with van der Waals surface area (Å²) in [5, 5.41) is 31.0. The second-order valence-corrected chi connectivity index (χ2v) is 6.11. The van der Waals surface area contributed by atoms with Crippen molar-refractivity contribution in [3.05, 3.63) is 70.8 Å². The Kier molecular flexibility index (Phi) is 7.23. The maximum atomic E-state index is 12.1. The number of carbonyl (C=O) groups excluding carboxylic acids is 1. The van der Waals surface area contributed by atoms with E-state index in [1.54, 1.807) is 36.4 Å². The van der Waals surface area contributed by atoms with Crippen LogP contribution < -0.4 is 10.1 Å². The number of phenols is 2. The van der Waals surface area contributed by atoms with E-state index in [0.717, 1.165) is 16.7 Å². The van der Waals surface area contributed by atoms with E-state index in [4.69, 9.17) is 4.74 Å². The highest BCUT2D eigenvalue weighted by atomic mass is 16.5. The van der Waals surface area contributed by atoms with Gasteiger partial charge in [-0.2, -0.15) is 5.26 Å². The molecule has 0 radical (unpaired) electrons. The maximum absolute atomic E-state index is 12.1. The molecular weight excluding hydrogens is 356 g/mol. The minimum absolute atomic E-state index is 0.0103. The molecule has 0 aliphatic carbocycles. The van der Waals surface area contributed by atoms with E-state index in [9.17, 15) is 20.3 Å². The largest absolute Gasteiger partial charge is 0.508 e. The van der Waals surface area contributed by atoms with Crippen LogP contribution in [0.2, 0.25) is 0 Å². The number of nitrogens with zero attached hydrogens (tertiary/aromatic N) is 1. The summed E-state index contributed by atoms with van der Waals surface area (Å²) in [6.07, 6.45) is 5.31. The molecule has 1 amide bonds. The molecule has 2 rings (SSSR count). The molecule has 0 saturated heterocycles. The van der Waals surface area contributed by atoms with E-state index in [2.05, 4.69) is 5.32 Å². The Morgan fingerprint density at radius 1 is 1.21 bits per heavy atom. The Bertz CT molecular complexity index is 955. The molecule has 0 unspecified atom stereocenters. The van der Waals surface area contributed by atoms with Crippen molar-refractivity contribution in [1.29, 1.82) is 5.26 Å². The van der Waals surface area contributed by atoms with E-state index in [1.807, 2.05) is 19.1 Å². The van der Waals surface area contributed by atoms with Gasteiger partial charge in [0.2, 0.25) is 0 Å². The minimum Gasteiger partial charge on any atom is -0.508 e. The lowest BCUT2D eigenvalue weighted by atomic mass is 10.1. The van der Waals surface area contributed by atoms with Crippen LogP contribution in [0.5, 0.6) is 17.2 Å². The van der Waals surface area contributed by atoms with Crippen LogP contribution in [0.15, 0.2) is 54.1 Å². The molecule has 0 aliphatic rings. The molecule has 6 nitrogen and oxygen atoms in total. The van der Waals surface area contributed by atoms with Crippen molar-refractivity contribution in [2.45, 2.75) is 13.3 Å². The van der Waals surface area contributed by atoms with E-state index in [1.165, 1.54) is 19.3 Å². The van der Waals surface area contributed by atoms with Crippen LogP contribution in [-0.2, 0) is 11.2 Å². The molecule has 0 fully saturated rings. The van der Waals surface area contributed by atoms with E-state index >= 15 is 0 Å². The van der Waals surface area contributed by atoms with E-state index in [-0.39, 0.29) is 17.1 Å². The van der Waals surface area contributed by atoms with Crippen molar-refractivity contribution in [1.82, 2.24) is 5.32 Å². The maximum Gasteiger partial charge on any atom is 0.261 e. The molecule has 144 valence electrons. The number of hydrogen-bond acceptors (Lipinski definition) is 5. The number of methoxy groups -OCH3 is 1. The van der Waals surface area contributed by atoms with Gasteiger partial charge in [0.05, 0.1) is 7.11 Å². The van der Waals surface area contributed by atoms with Gasteiger partial charge < -0.3 is 20.3 Å². The number of ether oxygens (including phenoxy) is 1. The lowest BCUT2D eigenvalue weighted by Crippen LogP contribution is -2.26. The molecular formula is C22H22N2O4. The molecule has 0 aliphatic heterocycles. The topological polar surface area (TPSA) is 103 Å². The summed E-state index contributed by atoms with van der Waals surface area (Å²) in [6, 6.07) is 12.0. The number of rotatable bonds is 7. The smallest absolute Gasteiger partial charge is 0.261 e. The standard InChI is InChI=1S/C22H22N2O4/c1-15-12-17(6-8-19(15)25)10-11-24-22(27)18(14-23)5-3-4-16-7-9-20(26)21(13-16)28-2/h3-9,12-13,25-26H,10-11H2,1-2H3,(H,24,27)/b4-3+,18-5+. The van der Waals surface area contributed by atoms with Crippen molar-refractivity contribution in [3.63, 3.8) is 0 Å². The van der Waals surface area contributed by atoms with E-state index in [0.29, 0.717) is 18.7 Å². The third kappa shape index (κ3) is 5.64. The fourth-order valence-electron chi connectivity index (χ4n) is 2.51. The SMILES string of the molecule is COc1cc(/C=C/C=C(\C#N)C(=O)NCCc2ccc(O)c(C)c2)ccc1O. The van der Waals surface area contributed by atoms with Crippen molar-refractivity contribution in [2.75, 3.05) is 13.7 Å². The zero-order chi connectivity index (χ0) is 20.5. The molecule has 0 spiro atoms. The lowest BCUT2D eigenvalue weighted by molar-refractivity contribution is -0.117. The number of benzene rings is 2. The van der Waals surface area contributed by atoms with Crippen LogP contribution in [-0.4, -0.2) is 29.8 Å². The first kappa shape index (κ1) is 20.6. The number of nitrogens with one attached hydrogen (secondary N) is 1. The van der Waals surface area contributed by atoms with Crippen LogP contribution in [0.3, 0.4) is 0 Å². The fourth-order valence-corrected chi connectivity index (χ4v) is 2.51. The number of aromatic hydroxyl groups is 2. The summed E-state index contributed by atoms with van der Waals surface area (Å²) >= 11 is 0. The first-order chi connectivity index (χ1) is 13.4. The summed E-state index contributed by atoms with van der Waals surface area (Å²) in [4.78, 5) is 12.1. The Hall–Kier alpha value is -3.72. The number of carbonyl (C=O) groups is 1. The molecule has 0 bridgehead atoms. The molecule has 0 heterocycles. The zero-order valence-electron chi connectivity index (χ0n) is 15.8. The highest BCUT2D eigenvalue weighted by Crippen LogP contribution is 2.26. The van der Waals surface area contributed by atoms with Gasteiger partial charge in [0.15, 0.2) is 11.5 Å². The highest BCUT2D eigenvalue weighted by Gasteiger charge is 2.07. The Balaban J connectivity index is 1.94. The quantitative estimate of drug-likeness (QED) is 0.390. The van der Waals surface area contributed by atoms with Crippen LogP contribution in [0.4, 0.5) is 0 Å². The molecule has 0 saturated carbocycles. The van der Waals surface area contributed by atoms with Gasteiger partial charge in [-0.25, -0.2) is 0 Å². The number of phenolic OH excluding ortho intramolecular Hbond substituents is 2. The van der Waals surface area contributed by atoms with Gasteiger partial charge in [-0.1, -0.05) is 30.4 Å². The second-order valence-electron chi connectivity index (χ2n) is 6.11. The fraction of sp³-hybridized carbons (Fsp3) is 0.182. The lowest BCUT2D eigenvalue weighted by Gasteiger charge is -2.06. The van der Waals surface area contributed by atoms with Gasteiger partial charge >= 0.3 is 0 Å². The summed E-state index contributed by atoms with van der Waals surface area (Å²) < 4.78 is 5.04. The third-order valence-corrected chi connectivity index (χ3v) is 4.08. The Labute approximate surface area is 164 Å². The number of aryl methyl sites for hydroxylation is 1. The minimum atomic E-state index is -0.453. The number of nitriles is 1. The molecule has 2 aromatic rings. The van der Waals surface area contributed by atoms with Gasteiger partial charge in [-0.05, 0) is 54.3 Å². The van der Waals surface area contributed by atoms with Gasteiger partial charge in [-0.3, -0.25) is 4.79 Å². The molecule has 3 N–H and O–H groups in total. The summed E-state index contributed by atoms with van der Waals surface area (Å²) in [5.74, 6) is 0.163. The van der Waals surface area contributed by atoms with Crippen molar-refractivity contribution in [3.8, 4) is 23.3 Å². The van der Waals surface area contributed by atoms with Crippen LogP contribution >= 0.6 is 0 Å². The summed E-state index contributed by atoms with van der Waals surface area (Å²) in [7, 11) is 1.46. The van der Waals surface area contributed by atoms with Crippen LogP contribution in [0, 0.1) is 18.3 Å². The van der Waals surface area contributed by atoms with Gasteiger partial charge in [-0.15, -0.1) is 0 Å². The summed E-state index contributed by atoms with van der Waals surface area (Å²) in [5.41, 5.74) is 2.51.